The zero-order chi connectivity index (χ0) is 21.1. The molecule has 30 heavy (non-hydrogen) atoms. The minimum absolute atomic E-state index is 0.0494. The highest BCUT2D eigenvalue weighted by Crippen LogP contribution is 2.25. The smallest absolute Gasteiger partial charge is 0.255 e. The van der Waals surface area contributed by atoms with E-state index in [0.717, 1.165) is 43.5 Å². The van der Waals surface area contributed by atoms with Crippen LogP contribution >= 0.6 is 15.9 Å². The Morgan fingerprint density at radius 1 is 1.23 bits per heavy atom. The summed E-state index contributed by atoms with van der Waals surface area (Å²) >= 11 is 3.43. The number of hydrogen-bond donors (Lipinski definition) is 0. The van der Waals surface area contributed by atoms with Crippen LogP contribution in [0.15, 0.2) is 47.1 Å². The number of halogens is 1. The molecule has 2 aliphatic rings. The minimum atomic E-state index is 0.0494. The van der Waals surface area contributed by atoms with Crippen molar-refractivity contribution in [3.05, 3.63) is 52.6 Å². The quantitative estimate of drug-likeness (QED) is 0.645. The Labute approximate surface area is 186 Å². The lowest BCUT2D eigenvalue weighted by atomic mass is 10.1. The van der Waals surface area contributed by atoms with Gasteiger partial charge in [-0.25, -0.2) is 4.98 Å². The fourth-order valence-corrected chi connectivity index (χ4v) is 4.79. The maximum Gasteiger partial charge on any atom is 0.255 e. The first-order chi connectivity index (χ1) is 14.5. The van der Waals surface area contributed by atoms with Gasteiger partial charge in [0.25, 0.3) is 5.91 Å². The summed E-state index contributed by atoms with van der Waals surface area (Å²) in [5.74, 6) is 1.22. The summed E-state index contributed by atoms with van der Waals surface area (Å²) in [6.45, 7) is 7.78. The monoisotopic (exact) mass is 473 g/mol. The molecule has 1 aromatic carbocycles. The number of morpholine rings is 1. The van der Waals surface area contributed by atoms with Gasteiger partial charge in [-0.3, -0.25) is 9.69 Å². The molecule has 0 N–H and O–H groups in total. The third-order valence-corrected chi connectivity index (χ3v) is 6.10. The minimum Gasteiger partial charge on any atom is -0.439 e. The lowest BCUT2D eigenvalue weighted by Gasteiger charge is -2.38. The molecule has 7 heteroatoms. The maximum absolute atomic E-state index is 13.1. The Hall–Kier alpha value is -1.96. The van der Waals surface area contributed by atoms with Crippen LogP contribution in [0.4, 0.5) is 0 Å². The zero-order valence-electron chi connectivity index (χ0n) is 17.5. The molecular weight excluding hydrogens is 446 g/mol. The number of rotatable bonds is 5. The predicted octanol–water partition coefficient (Wildman–Crippen LogP) is 4.35. The topological polar surface area (TPSA) is 54.9 Å². The number of nitrogens with zero attached hydrogens (tertiary/aromatic N) is 3. The molecule has 2 aromatic rings. The highest BCUT2D eigenvalue weighted by Gasteiger charge is 2.33. The van der Waals surface area contributed by atoms with Gasteiger partial charge in [0.05, 0.1) is 17.8 Å². The van der Waals surface area contributed by atoms with Crippen LogP contribution in [0.3, 0.4) is 0 Å². The second-order valence-electron chi connectivity index (χ2n) is 8.22. The first-order valence-corrected chi connectivity index (χ1v) is 11.4. The number of hydrogen-bond acceptors (Lipinski definition) is 5. The predicted molar refractivity (Wildman–Crippen MR) is 119 cm³/mol. The van der Waals surface area contributed by atoms with Crippen LogP contribution in [0.1, 0.15) is 37.0 Å². The lowest BCUT2D eigenvalue weighted by molar-refractivity contribution is -0.0715. The molecule has 0 saturated carbocycles. The van der Waals surface area contributed by atoms with Gasteiger partial charge >= 0.3 is 0 Å². The number of benzene rings is 1. The summed E-state index contributed by atoms with van der Waals surface area (Å²) in [5.41, 5.74) is 0.604. The molecule has 1 amide bonds. The Bertz CT molecular complexity index is 866. The van der Waals surface area contributed by atoms with E-state index in [1.54, 1.807) is 18.3 Å². The fourth-order valence-electron chi connectivity index (χ4n) is 4.41. The van der Waals surface area contributed by atoms with Crippen molar-refractivity contribution < 1.29 is 14.3 Å². The molecular formula is C23H28BrN3O3. The van der Waals surface area contributed by atoms with Crippen molar-refractivity contribution in [2.24, 2.45) is 0 Å². The Balaban J connectivity index is 1.39. The van der Waals surface area contributed by atoms with Crippen molar-refractivity contribution in [2.75, 3.05) is 26.2 Å². The normalized spacial score (nSPS) is 24.8. The maximum atomic E-state index is 13.1. The average Bonchev–Trinajstić information content (AvgIpc) is 3.15. The third-order valence-electron chi connectivity index (χ3n) is 5.60. The lowest BCUT2D eigenvalue weighted by Crippen LogP contribution is -2.50. The standard InChI is InChI=1S/C23H28BrN3O3/c1-16-13-26(14-17(2)29-16)15-20-6-4-10-27(20)23(28)18-8-9-22(25-12-18)30-21-7-3-5-19(24)11-21/h3,5,7-9,11-12,16-17,20H,4,6,10,13-15H2,1-2H3. The highest BCUT2D eigenvalue weighted by atomic mass is 79.9. The molecule has 3 heterocycles. The van der Waals surface area contributed by atoms with Crippen LogP contribution in [-0.4, -0.2) is 65.1 Å². The van der Waals surface area contributed by atoms with Crippen LogP contribution in [0, 0.1) is 0 Å². The SMILES string of the molecule is CC1CN(CC2CCCN2C(=O)c2ccc(Oc3cccc(Br)c3)nc2)CC(C)O1. The van der Waals surface area contributed by atoms with E-state index in [-0.39, 0.29) is 24.2 Å². The van der Waals surface area contributed by atoms with E-state index in [9.17, 15) is 4.79 Å². The van der Waals surface area contributed by atoms with E-state index in [4.69, 9.17) is 9.47 Å². The van der Waals surface area contributed by atoms with Gasteiger partial charge in [-0.05, 0) is 51.0 Å². The molecule has 3 atom stereocenters. The number of carbonyl (C=O) groups is 1. The molecule has 2 saturated heterocycles. The van der Waals surface area contributed by atoms with Crippen molar-refractivity contribution in [1.82, 2.24) is 14.8 Å². The molecule has 0 spiro atoms. The average molecular weight is 474 g/mol. The molecule has 0 aliphatic carbocycles. The van der Waals surface area contributed by atoms with E-state index in [2.05, 4.69) is 39.7 Å². The second kappa shape index (κ2) is 9.45. The summed E-state index contributed by atoms with van der Waals surface area (Å²) in [7, 11) is 0. The third kappa shape index (κ3) is 5.20. The van der Waals surface area contributed by atoms with Gasteiger partial charge < -0.3 is 14.4 Å². The van der Waals surface area contributed by atoms with Crippen LogP contribution in [0.5, 0.6) is 11.6 Å². The summed E-state index contributed by atoms with van der Waals surface area (Å²) in [6.07, 6.45) is 4.18. The Kier molecular flexibility index (Phi) is 6.71. The first kappa shape index (κ1) is 21.3. The van der Waals surface area contributed by atoms with E-state index in [1.807, 2.05) is 29.2 Å². The molecule has 0 radical (unpaired) electrons. The summed E-state index contributed by atoms with van der Waals surface area (Å²) in [5, 5.41) is 0. The van der Waals surface area contributed by atoms with Crippen molar-refractivity contribution >= 4 is 21.8 Å². The molecule has 4 rings (SSSR count). The zero-order valence-corrected chi connectivity index (χ0v) is 19.0. The fraction of sp³-hybridized carbons (Fsp3) is 0.478. The molecule has 3 unspecified atom stereocenters. The summed E-state index contributed by atoms with van der Waals surface area (Å²) in [4.78, 5) is 21.9. The highest BCUT2D eigenvalue weighted by molar-refractivity contribution is 9.10. The van der Waals surface area contributed by atoms with E-state index < -0.39 is 0 Å². The molecule has 2 fully saturated rings. The van der Waals surface area contributed by atoms with E-state index in [1.165, 1.54) is 0 Å². The number of carbonyl (C=O) groups excluding carboxylic acids is 1. The number of ether oxygens (including phenoxy) is 2. The molecule has 160 valence electrons. The van der Waals surface area contributed by atoms with Gasteiger partial charge in [0.2, 0.25) is 5.88 Å². The molecule has 1 aromatic heterocycles. The van der Waals surface area contributed by atoms with E-state index in [0.29, 0.717) is 17.2 Å². The summed E-state index contributed by atoms with van der Waals surface area (Å²) in [6, 6.07) is 11.4. The van der Waals surface area contributed by atoms with Gasteiger partial charge in [-0.2, -0.15) is 0 Å². The van der Waals surface area contributed by atoms with E-state index >= 15 is 0 Å². The number of aromatic nitrogens is 1. The van der Waals surface area contributed by atoms with Crippen molar-refractivity contribution in [1.29, 1.82) is 0 Å². The largest absolute Gasteiger partial charge is 0.439 e. The molecule has 2 aliphatic heterocycles. The van der Waals surface area contributed by atoms with Gasteiger partial charge in [0.1, 0.15) is 5.75 Å². The van der Waals surface area contributed by atoms with Crippen molar-refractivity contribution in [2.45, 2.75) is 44.9 Å². The Morgan fingerprint density at radius 2 is 2.03 bits per heavy atom. The summed E-state index contributed by atoms with van der Waals surface area (Å²) < 4.78 is 12.6. The van der Waals surface area contributed by atoms with Gasteiger partial charge in [0, 0.05) is 49.0 Å². The second-order valence-corrected chi connectivity index (χ2v) is 9.13. The van der Waals surface area contributed by atoms with Crippen LogP contribution in [0.2, 0.25) is 0 Å². The van der Waals surface area contributed by atoms with Crippen LogP contribution < -0.4 is 4.74 Å². The number of pyridine rings is 1. The first-order valence-electron chi connectivity index (χ1n) is 10.6. The number of amides is 1. The number of likely N-dealkylation sites (tertiary alicyclic amines) is 1. The molecule has 6 nitrogen and oxygen atoms in total. The van der Waals surface area contributed by atoms with Gasteiger partial charge in [0.15, 0.2) is 0 Å². The van der Waals surface area contributed by atoms with Gasteiger partial charge in [-0.1, -0.05) is 22.0 Å². The van der Waals surface area contributed by atoms with Crippen molar-refractivity contribution in [3.8, 4) is 11.6 Å². The van der Waals surface area contributed by atoms with Gasteiger partial charge in [-0.15, -0.1) is 0 Å². The molecule has 0 bridgehead atoms. The Morgan fingerprint density at radius 3 is 2.73 bits per heavy atom. The van der Waals surface area contributed by atoms with Crippen LogP contribution in [-0.2, 0) is 4.74 Å². The van der Waals surface area contributed by atoms with Crippen LogP contribution in [0.25, 0.3) is 0 Å². The van der Waals surface area contributed by atoms with Crippen molar-refractivity contribution in [3.63, 3.8) is 0 Å².